The molecule has 1 N–H and O–H groups in total. The molecule has 0 rings (SSSR count). The van der Waals surface area contributed by atoms with E-state index in [2.05, 4.69) is 12.2 Å². The Morgan fingerprint density at radius 2 is 2.33 bits per heavy atom. The van der Waals surface area contributed by atoms with Crippen LogP contribution in [0.25, 0.3) is 0 Å². The van der Waals surface area contributed by atoms with E-state index in [1.807, 2.05) is 6.92 Å². The normalized spacial score (nSPS) is 13.1. The van der Waals surface area contributed by atoms with Gasteiger partial charge >= 0.3 is 0 Å². The summed E-state index contributed by atoms with van der Waals surface area (Å²) in [7, 11) is 0. The van der Waals surface area contributed by atoms with Gasteiger partial charge in [-0.15, -0.1) is 0 Å². The van der Waals surface area contributed by atoms with E-state index in [0.717, 1.165) is 19.3 Å². The predicted molar refractivity (Wildman–Crippen MR) is 38.4 cm³/mol. The molecule has 0 bridgehead atoms. The van der Waals surface area contributed by atoms with Crippen LogP contribution < -0.4 is 5.32 Å². The van der Waals surface area contributed by atoms with Crippen LogP contribution in [0.5, 0.6) is 0 Å². The largest absolute Gasteiger partial charge is 0.308 e. The van der Waals surface area contributed by atoms with Crippen LogP contribution in [-0.4, -0.2) is 18.9 Å². The average molecular weight is 129 g/mol. The summed E-state index contributed by atoms with van der Waals surface area (Å²) in [6, 6.07) is 0.0246. The van der Waals surface area contributed by atoms with Gasteiger partial charge in [0.1, 0.15) is 6.29 Å². The summed E-state index contributed by atoms with van der Waals surface area (Å²) >= 11 is 0. The van der Waals surface area contributed by atoms with Gasteiger partial charge in [-0.25, -0.2) is 0 Å². The minimum atomic E-state index is 0.0246. The van der Waals surface area contributed by atoms with E-state index in [9.17, 15) is 4.79 Å². The zero-order chi connectivity index (χ0) is 7.11. The summed E-state index contributed by atoms with van der Waals surface area (Å²) in [6.07, 6.45) is 3.26. The third kappa shape index (κ3) is 5.50. The fraction of sp³-hybridized carbons (Fsp3) is 0.857. The number of nitrogens with one attached hydrogen (secondary N) is 1. The Bertz CT molecular complexity index is 73.3. The van der Waals surface area contributed by atoms with Crippen molar-refractivity contribution >= 4 is 6.29 Å². The zero-order valence-corrected chi connectivity index (χ0v) is 6.18. The molecular weight excluding hydrogens is 114 g/mol. The average Bonchev–Trinajstić information content (AvgIpc) is 1.89. The number of rotatable bonds is 5. The molecule has 0 aliphatic heterocycles. The summed E-state index contributed by atoms with van der Waals surface area (Å²) in [5.41, 5.74) is 0. The molecule has 0 saturated carbocycles. The Labute approximate surface area is 56.6 Å². The Balaban J connectivity index is 2.96. The van der Waals surface area contributed by atoms with Crippen molar-refractivity contribution in [2.24, 2.45) is 0 Å². The monoisotopic (exact) mass is 129 g/mol. The summed E-state index contributed by atoms with van der Waals surface area (Å²) in [6.45, 7) is 4.95. The summed E-state index contributed by atoms with van der Waals surface area (Å²) in [4.78, 5) is 10.0. The molecular formula is C7H15NO. The highest BCUT2D eigenvalue weighted by Crippen LogP contribution is 1.83. The Kier molecular flexibility index (Phi) is 5.52. The first-order valence-electron chi connectivity index (χ1n) is 3.50. The van der Waals surface area contributed by atoms with Crippen molar-refractivity contribution in [1.82, 2.24) is 5.32 Å². The van der Waals surface area contributed by atoms with Gasteiger partial charge in [-0.1, -0.05) is 13.3 Å². The fourth-order valence-corrected chi connectivity index (χ4v) is 0.555. The van der Waals surface area contributed by atoms with Gasteiger partial charge < -0.3 is 10.1 Å². The number of unbranched alkanes of at least 4 members (excludes halogenated alkanes) is 1. The molecule has 9 heavy (non-hydrogen) atoms. The predicted octanol–water partition coefficient (Wildman–Crippen LogP) is 0.964. The molecule has 2 nitrogen and oxygen atoms in total. The first-order valence-corrected chi connectivity index (χ1v) is 3.50. The lowest BCUT2D eigenvalue weighted by Crippen LogP contribution is -2.27. The molecule has 0 aliphatic carbocycles. The van der Waals surface area contributed by atoms with E-state index in [1.54, 1.807) is 0 Å². The van der Waals surface area contributed by atoms with Crippen molar-refractivity contribution in [3.8, 4) is 0 Å². The lowest BCUT2D eigenvalue weighted by Gasteiger charge is -2.03. The molecule has 0 aromatic carbocycles. The molecule has 54 valence electrons. The fourth-order valence-electron chi connectivity index (χ4n) is 0.555. The Hall–Kier alpha value is -0.370. The Morgan fingerprint density at radius 3 is 2.78 bits per heavy atom. The molecule has 0 amide bonds. The van der Waals surface area contributed by atoms with Crippen molar-refractivity contribution in [1.29, 1.82) is 0 Å². The van der Waals surface area contributed by atoms with E-state index >= 15 is 0 Å². The topological polar surface area (TPSA) is 29.1 Å². The molecule has 2 heteroatoms. The van der Waals surface area contributed by atoms with Crippen LogP contribution in [0.1, 0.15) is 26.7 Å². The lowest BCUT2D eigenvalue weighted by atomic mass is 10.3. The van der Waals surface area contributed by atoms with Gasteiger partial charge in [0.25, 0.3) is 0 Å². The molecule has 1 atom stereocenters. The highest BCUT2D eigenvalue weighted by molar-refractivity contribution is 5.56. The quantitative estimate of drug-likeness (QED) is 0.442. The molecule has 1 unspecified atom stereocenters. The number of hydrogen-bond donors (Lipinski definition) is 1. The SMILES string of the molecule is CCCCNC(C)C=O. The van der Waals surface area contributed by atoms with Crippen LogP contribution in [0.4, 0.5) is 0 Å². The molecule has 0 aliphatic rings. The van der Waals surface area contributed by atoms with Crippen molar-refractivity contribution in [2.45, 2.75) is 32.7 Å². The number of hydrogen-bond acceptors (Lipinski definition) is 2. The van der Waals surface area contributed by atoms with Gasteiger partial charge in [-0.2, -0.15) is 0 Å². The van der Waals surface area contributed by atoms with Gasteiger partial charge in [0.2, 0.25) is 0 Å². The van der Waals surface area contributed by atoms with Gasteiger partial charge in [0.05, 0.1) is 6.04 Å². The highest BCUT2D eigenvalue weighted by atomic mass is 16.1. The van der Waals surface area contributed by atoms with E-state index < -0.39 is 0 Å². The van der Waals surface area contributed by atoms with Crippen LogP contribution >= 0.6 is 0 Å². The standard InChI is InChI=1S/C7H15NO/c1-3-4-5-8-7(2)6-9/h6-8H,3-5H2,1-2H3. The van der Waals surface area contributed by atoms with E-state index in [4.69, 9.17) is 0 Å². The maximum absolute atomic E-state index is 10.0. The summed E-state index contributed by atoms with van der Waals surface area (Å²) < 4.78 is 0. The summed E-state index contributed by atoms with van der Waals surface area (Å²) in [5, 5.41) is 3.07. The molecule has 0 aromatic rings. The molecule has 0 radical (unpaired) electrons. The lowest BCUT2D eigenvalue weighted by molar-refractivity contribution is -0.109. The van der Waals surface area contributed by atoms with E-state index in [0.29, 0.717) is 0 Å². The molecule has 0 aromatic heterocycles. The van der Waals surface area contributed by atoms with Crippen molar-refractivity contribution in [3.05, 3.63) is 0 Å². The minimum absolute atomic E-state index is 0.0246. The molecule has 0 spiro atoms. The number of aldehydes is 1. The van der Waals surface area contributed by atoms with Crippen molar-refractivity contribution in [3.63, 3.8) is 0 Å². The maximum atomic E-state index is 10.0. The Morgan fingerprint density at radius 1 is 1.67 bits per heavy atom. The van der Waals surface area contributed by atoms with Crippen LogP contribution in [-0.2, 0) is 4.79 Å². The van der Waals surface area contributed by atoms with Crippen LogP contribution in [0.3, 0.4) is 0 Å². The number of carbonyl (C=O) groups excluding carboxylic acids is 1. The number of carbonyl (C=O) groups is 1. The van der Waals surface area contributed by atoms with E-state index in [1.165, 1.54) is 6.42 Å². The summed E-state index contributed by atoms with van der Waals surface area (Å²) in [5.74, 6) is 0. The third-order valence-corrected chi connectivity index (χ3v) is 1.20. The van der Waals surface area contributed by atoms with Gasteiger partial charge in [0, 0.05) is 0 Å². The van der Waals surface area contributed by atoms with Crippen molar-refractivity contribution < 1.29 is 4.79 Å². The zero-order valence-electron chi connectivity index (χ0n) is 6.18. The van der Waals surface area contributed by atoms with Crippen LogP contribution in [0, 0.1) is 0 Å². The van der Waals surface area contributed by atoms with E-state index in [-0.39, 0.29) is 6.04 Å². The third-order valence-electron chi connectivity index (χ3n) is 1.20. The second kappa shape index (κ2) is 5.76. The van der Waals surface area contributed by atoms with Gasteiger partial charge in [-0.05, 0) is 19.9 Å². The van der Waals surface area contributed by atoms with Crippen LogP contribution in [0.2, 0.25) is 0 Å². The van der Waals surface area contributed by atoms with Gasteiger partial charge in [-0.3, -0.25) is 0 Å². The second-order valence-electron chi connectivity index (χ2n) is 2.23. The highest BCUT2D eigenvalue weighted by Gasteiger charge is 1.93. The molecule has 0 fully saturated rings. The minimum Gasteiger partial charge on any atom is -0.308 e. The first kappa shape index (κ1) is 8.63. The second-order valence-corrected chi connectivity index (χ2v) is 2.23. The van der Waals surface area contributed by atoms with Crippen molar-refractivity contribution in [2.75, 3.05) is 6.54 Å². The molecule has 0 saturated heterocycles. The smallest absolute Gasteiger partial charge is 0.136 e. The molecule has 0 heterocycles. The van der Waals surface area contributed by atoms with Gasteiger partial charge in [0.15, 0.2) is 0 Å². The maximum Gasteiger partial charge on any atom is 0.136 e. The van der Waals surface area contributed by atoms with Crippen LogP contribution in [0.15, 0.2) is 0 Å². The first-order chi connectivity index (χ1) is 4.31.